The van der Waals surface area contributed by atoms with Crippen LogP contribution in [0.5, 0.6) is 0 Å². The van der Waals surface area contributed by atoms with Gasteiger partial charge in [-0.1, -0.05) is 6.08 Å². The van der Waals surface area contributed by atoms with Crippen molar-refractivity contribution in [2.24, 2.45) is 0 Å². The molecule has 1 atom stereocenters. The number of ether oxygens (including phenoxy) is 2. The maximum absolute atomic E-state index is 11.8. The van der Waals surface area contributed by atoms with Gasteiger partial charge in [0, 0.05) is 20.8 Å². The fourth-order valence-electron chi connectivity index (χ4n) is 1.71. The molecule has 0 spiro atoms. The van der Waals surface area contributed by atoms with Crippen molar-refractivity contribution in [1.82, 2.24) is 4.90 Å². The van der Waals surface area contributed by atoms with Crippen molar-refractivity contribution in [3.63, 3.8) is 0 Å². The van der Waals surface area contributed by atoms with Gasteiger partial charge in [0.15, 0.2) is 0 Å². The second-order valence-electron chi connectivity index (χ2n) is 5.31. The van der Waals surface area contributed by atoms with Crippen LogP contribution in [-0.4, -0.2) is 49.7 Å². The molecule has 1 unspecified atom stereocenters. The normalized spacial score (nSPS) is 19.0. The van der Waals surface area contributed by atoms with E-state index in [0.29, 0.717) is 6.54 Å². The minimum absolute atomic E-state index is 0.0000463. The summed E-state index contributed by atoms with van der Waals surface area (Å²) in [6.45, 7) is 6.23. The molecule has 0 bridgehead atoms. The first-order valence-electron chi connectivity index (χ1n) is 6.37. The molecular weight excluding hydrogens is 246 g/mol. The second kappa shape index (κ2) is 8.69. The van der Waals surface area contributed by atoms with Gasteiger partial charge in [0.2, 0.25) is 0 Å². The molecule has 1 aliphatic heterocycles. The van der Waals surface area contributed by atoms with E-state index >= 15 is 0 Å². The summed E-state index contributed by atoms with van der Waals surface area (Å²) in [7, 11) is 3.25. The van der Waals surface area contributed by atoms with Crippen LogP contribution < -0.4 is 0 Å². The Labute approximate surface area is 115 Å². The molecule has 5 nitrogen and oxygen atoms in total. The minimum atomic E-state index is -0.474. The van der Waals surface area contributed by atoms with Crippen LogP contribution >= 0.6 is 0 Å². The molecule has 0 aromatic heterocycles. The predicted molar refractivity (Wildman–Crippen MR) is 74.1 cm³/mol. The average Bonchev–Trinajstić information content (AvgIpc) is 2.73. The Morgan fingerprint density at radius 1 is 1.32 bits per heavy atom. The van der Waals surface area contributed by atoms with E-state index in [1.165, 1.54) is 6.08 Å². The van der Waals surface area contributed by atoms with Crippen molar-refractivity contribution in [3.8, 4) is 0 Å². The highest BCUT2D eigenvalue weighted by Gasteiger charge is 2.30. The van der Waals surface area contributed by atoms with E-state index in [1.54, 1.807) is 25.2 Å². The van der Waals surface area contributed by atoms with E-state index < -0.39 is 5.60 Å². The van der Waals surface area contributed by atoms with Crippen LogP contribution in [-0.2, 0) is 14.3 Å². The van der Waals surface area contributed by atoms with Crippen LogP contribution in [0.15, 0.2) is 12.2 Å². The Hall–Kier alpha value is -1.36. The number of hydrogen-bond acceptors (Lipinski definition) is 4. The molecule has 1 saturated heterocycles. The van der Waals surface area contributed by atoms with Gasteiger partial charge in [-0.05, 0) is 39.7 Å². The molecule has 1 aliphatic rings. The molecule has 0 aromatic rings. The number of hydrogen-bond donors (Lipinski definition) is 0. The van der Waals surface area contributed by atoms with Crippen molar-refractivity contribution in [2.75, 3.05) is 20.8 Å². The first-order valence-corrected chi connectivity index (χ1v) is 6.37. The van der Waals surface area contributed by atoms with E-state index in [-0.39, 0.29) is 12.1 Å². The van der Waals surface area contributed by atoms with Crippen molar-refractivity contribution >= 4 is 12.4 Å². The van der Waals surface area contributed by atoms with Crippen LogP contribution in [0.3, 0.4) is 0 Å². The first-order chi connectivity index (χ1) is 8.85. The topological polar surface area (TPSA) is 55.8 Å². The van der Waals surface area contributed by atoms with Gasteiger partial charge >= 0.3 is 6.09 Å². The molecule has 1 rings (SSSR count). The first kappa shape index (κ1) is 17.6. The molecule has 0 radical (unpaired) electrons. The van der Waals surface area contributed by atoms with Crippen molar-refractivity contribution in [3.05, 3.63) is 12.2 Å². The third-order valence-corrected chi connectivity index (χ3v) is 2.34. The average molecular weight is 271 g/mol. The smallest absolute Gasteiger partial charge is 0.410 e. The van der Waals surface area contributed by atoms with E-state index in [9.17, 15) is 9.59 Å². The third-order valence-electron chi connectivity index (χ3n) is 2.34. The molecule has 0 N–H and O–H groups in total. The molecule has 1 fully saturated rings. The molecule has 0 aromatic carbocycles. The Morgan fingerprint density at radius 2 is 1.89 bits per heavy atom. The quantitative estimate of drug-likeness (QED) is 0.571. The lowest BCUT2D eigenvalue weighted by Crippen LogP contribution is -2.39. The number of allylic oxidation sites excluding steroid dienone is 1. The van der Waals surface area contributed by atoms with Gasteiger partial charge in [0.05, 0.1) is 6.04 Å². The number of methoxy groups -OCH3 is 1. The summed E-state index contributed by atoms with van der Waals surface area (Å²) in [5.41, 5.74) is -0.474. The molecule has 0 saturated carbocycles. The summed E-state index contributed by atoms with van der Waals surface area (Å²) < 4.78 is 9.55. The summed E-state index contributed by atoms with van der Waals surface area (Å²) in [4.78, 5) is 23.7. The standard InChI is InChI=1S/C12H19NO3.C2H6O/c1-12(2,3)16-11(15)13-8-4-6-10(13)7-5-9-14;1-3-2/h5,7,9-10H,4,6,8H2,1-3H3;1-2H3/b7-5+;. The summed E-state index contributed by atoms with van der Waals surface area (Å²) in [6.07, 6.45) is 5.46. The largest absolute Gasteiger partial charge is 0.444 e. The molecule has 19 heavy (non-hydrogen) atoms. The monoisotopic (exact) mass is 271 g/mol. The Bertz CT molecular complexity index is 307. The SMILES string of the molecule is CC(C)(C)OC(=O)N1CCCC1/C=C/C=O.COC. The number of carbonyl (C=O) groups excluding carboxylic acids is 2. The summed E-state index contributed by atoms with van der Waals surface area (Å²) in [6, 6.07) is 0.0000463. The van der Waals surface area contributed by atoms with Gasteiger partial charge in [-0.25, -0.2) is 4.79 Å². The van der Waals surface area contributed by atoms with Crippen LogP contribution in [0.2, 0.25) is 0 Å². The van der Waals surface area contributed by atoms with Crippen LogP contribution in [0.25, 0.3) is 0 Å². The predicted octanol–water partition coefficient (Wildman–Crippen LogP) is 2.40. The van der Waals surface area contributed by atoms with Crippen LogP contribution in [0.1, 0.15) is 33.6 Å². The maximum atomic E-state index is 11.8. The van der Waals surface area contributed by atoms with E-state index in [0.717, 1.165) is 19.1 Å². The zero-order chi connectivity index (χ0) is 14.9. The van der Waals surface area contributed by atoms with Crippen LogP contribution in [0.4, 0.5) is 4.79 Å². The molecule has 1 amide bonds. The molecule has 1 heterocycles. The van der Waals surface area contributed by atoms with Gasteiger partial charge < -0.3 is 14.4 Å². The fourth-order valence-corrected chi connectivity index (χ4v) is 1.71. The Balaban J connectivity index is 0.000000982. The molecule has 0 aliphatic carbocycles. The second-order valence-corrected chi connectivity index (χ2v) is 5.31. The Kier molecular flexibility index (Phi) is 8.07. The lowest BCUT2D eigenvalue weighted by Gasteiger charge is -2.27. The van der Waals surface area contributed by atoms with Gasteiger partial charge in [0.25, 0.3) is 0 Å². The summed E-state index contributed by atoms with van der Waals surface area (Å²) in [5.74, 6) is 0. The summed E-state index contributed by atoms with van der Waals surface area (Å²) >= 11 is 0. The van der Waals surface area contributed by atoms with E-state index in [2.05, 4.69) is 4.74 Å². The lowest BCUT2D eigenvalue weighted by molar-refractivity contribution is -0.104. The number of rotatable bonds is 2. The van der Waals surface area contributed by atoms with Crippen LogP contribution in [0, 0.1) is 0 Å². The zero-order valence-corrected chi connectivity index (χ0v) is 12.5. The molecule has 110 valence electrons. The highest BCUT2D eigenvalue weighted by Crippen LogP contribution is 2.21. The highest BCUT2D eigenvalue weighted by molar-refractivity contribution is 5.70. The molecule has 5 heteroatoms. The van der Waals surface area contributed by atoms with E-state index in [4.69, 9.17) is 4.74 Å². The highest BCUT2D eigenvalue weighted by atomic mass is 16.6. The van der Waals surface area contributed by atoms with Gasteiger partial charge in [-0.15, -0.1) is 0 Å². The van der Waals surface area contributed by atoms with Gasteiger partial charge in [-0.3, -0.25) is 4.79 Å². The number of likely N-dealkylation sites (tertiary alicyclic amines) is 1. The number of aldehydes is 1. The van der Waals surface area contributed by atoms with Crippen molar-refractivity contribution in [2.45, 2.75) is 45.3 Å². The fraction of sp³-hybridized carbons (Fsp3) is 0.714. The third kappa shape index (κ3) is 7.62. The van der Waals surface area contributed by atoms with Crippen molar-refractivity contribution < 1.29 is 19.1 Å². The zero-order valence-electron chi connectivity index (χ0n) is 12.5. The number of nitrogens with zero attached hydrogens (tertiary/aromatic N) is 1. The lowest BCUT2D eigenvalue weighted by atomic mass is 10.2. The van der Waals surface area contributed by atoms with E-state index in [1.807, 2.05) is 20.8 Å². The number of amides is 1. The van der Waals surface area contributed by atoms with Gasteiger partial charge in [-0.2, -0.15) is 0 Å². The Morgan fingerprint density at radius 3 is 2.37 bits per heavy atom. The molecular formula is C14H25NO4. The maximum Gasteiger partial charge on any atom is 0.410 e. The summed E-state index contributed by atoms with van der Waals surface area (Å²) in [5, 5.41) is 0. The number of carbonyl (C=O) groups is 2. The van der Waals surface area contributed by atoms with Gasteiger partial charge in [0.1, 0.15) is 11.9 Å². The minimum Gasteiger partial charge on any atom is -0.444 e. The van der Waals surface area contributed by atoms with Crippen molar-refractivity contribution in [1.29, 1.82) is 0 Å².